The Morgan fingerprint density at radius 2 is 2.15 bits per heavy atom. The van der Waals surface area contributed by atoms with Crippen molar-refractivity contribution in [2.24, 2.45) is 0 Å². The van der Waals surface area contributed by atoms with Crippen LogP contribution in [0.4, 0.5) is 11.5 Å². The van der Waals surface area contributed by atoms with E-state index in [1.54, 1.807) is 6.07 Å². The van der Waals surface area contributed by atoms with Crippen LogP contribution < -0.4 is 16.8 Å². The normalized spacial score (nSPS) is 16.0. The maximum absolute atomic E-state index is 12.8. The maximum atomic E-state index is 12.8. The maximum Gasteiger partial charge on any atom is 0.264 e. The summed E-state index contributed by atoms with van der Waals surface area (Å²) in [5, 5.41) is 12.8. The van der Waals surface area contributed by atoms with Crippen LogP contribution in [0, 0.1) is 11.3 Å². The molecule has 0 saturated heterocycles. The van der Waals surface area contributed by atoms with Crippen LogP contribution in [-0.2, 0) is 6.42 Å². The zero-order valence-electron chi connectivity index (χ0n) is 14.0. The zero-order valence-corrected chi connectivity index (χ0v) is 14.8. The lowest BCUT2D eigenvalue weighted by molar-refractivity contribution is 0.0937. The SMILES string of the molecule is N#Cc1cc2c(N)c(C(=O)N[C@@H]3CCCc4ccccc43)sc2nc1N. The lowest BCUT2D eigenvalue weighted by Gasteiger charge is -2.26. The third-order valence-corrected chi connectivity index (χ3v) is 5.87. The predicted octanol–water partition coefficient (Wildman–Crippen LogP) is 3.14. The van der Waals surface area contributed by atoms with Crippen LogP contribution in [0.2, 0.25) is 0 Å². The summed E-state index contributed by atoms with van der Waals surface area (Å²) in [5.41, 5.74) is 15.0. The van der Waals surface area contributed by atoms with Gasteiger partial charge in [-0.15, -0.1) is 11.3 Å². The highest BCUT2D eigenvalue weighted by atomic mass is 32.1. The Labute approximate surface area is 154 Å². The first-order valence-corrected chi connectivity index (χ1v) is 9.17. The van der Waals surface area contributed by atoms with Gasteiger partial charge in [-0.2, -0.15) is 5.26 Å². The van der Waals surface area contributed by atoms with Crippen LogP contribution in [-0.4, -0.2) is 10.9 Å². The Morgan fingerprint density at radius 1 is 1.35 bits per heavy atom. The molecule has 1 amide bonds. The van der Waals surface area contributed by atoms with E-state index >= 15 is 0 Å². The van der Waals surface area contributed by atoms with Gasteiger partial charge in [-0.3, -0.25) is 4.79 Å². The number of thiophene rings is 1. The lowest BCUT2D eigenvalue weighted by atomic mass is 9.88. The average molecular weight is 363 g/mol. The molecule has 5 N–H and O–H groups in total. The Morgan fingerprint density at radius 3 is 2.96 bits per heavy atom. The first-order valence-electron chi connectivity index (χ1n) is 8.35. The third-order valence-electron chi connectivity index (χ3n) is 4.75. The van der Waals surface area contributed by atoms with Crippen LogP contribution in [0.3, 0.4) is 0 Å². The molecular formula is C19H17N5OS. The van der Waals surface area contributed by atoms with Gasteiger partial charge < -0.3 is 16.8 Å². The highest BCUT2D eigenvalue weighted by Gasteiger charge is 2.25. The first kappa shape index (κ1) is 16.4. The van der Waals surface area contributed by atoms with Gasteiger partial charge in [0.1, 0.15) is 21.6 Å². The molecule has 7 heteroatoms. The molecule has 2 aromatic heterocycles. The molecule has 0 radical (unpaired) electrons. The van der Waals surface area contributed by atoms with E-state index in [1.165, 1.54) is 22.5 Å². The molecule has 1 aliphatic rings. The van der Waals surface area contributed by atoms with E-state index in [4.69, 9.17) is 16.7 Å². The Hall–Kier alpha value is -3.11. The molecule has 130 valence electrons. The predicted molar refractivity (Wildman–Crippen MR) is 103 cm³/mol. The number of nitrogen functional groups attached to an aromatic ring is 2. The van der Waals surface area contributed by atoms with Crippen molar-refractivity contribution in [2.75, 3.05) is 11.5 Å². The number of carbonyl (C=O) groups excluding carboxylic acids is 1. The van der Waals surface area contributed by atoms with Crippen LogP contribution in [0.5, 0.6) is 0 Å². The third kappa shape index (κ3) is 2.65. The number of aromatic nitrogens is 1. The molecule has 26 heavy (non-hydrogen) atoms. The Balaban J connectivity index is 1.68. The van der Waals surface area contributed by atoms with Crippen molar-refractivity contribution < 1.29 is 4.79 Å². The van der Waals surface area contributed by atoms with Crippen molar-refractivity contribution in [2.45, 2.75) is 25.3 Å². The molecule has 0 spiro atoms. The number of hydrogen-bond donors (Lipinski definition) is 3. The van der Waals surface area contributed by atoms with E-state index in [-0.39, 0.29) is 23.3 Å². The van der Waals surface area contributed by atoms with Gasteiger partial charge in [0.25, 0.3) is 5.91 Å². The smallest absolute Gasteiger partial charge is 0.264 e. The van der Waals surface area contributed by atoms with E-state index < -0.39 is 0 Å². The number of rotatable bonds is 2. The molecule has 0 fully saturated rings. The number of aryl methyl sites for hydroxylation is 1. The van der Waals surface area contributed by atoms with Gasteiger partial charge in [-0.25, -0.2) is 4.98 Å². The van der Waals surface area contributed by atoms with Crippen molar-refractivity contribution >= 4 is 39.0 Å². The highest BCUT2D eigenvalue weighted by molar-refractivity contribution is 7.21. The summed E-state index contributed by atoms with van der Waals surface area (Å²) in [6.07, 6.45) is 2.97. The van der Waals surface area contributed by atoms with Crippen LogP contribution in [0.1, 0.15) is 45.2 Å². The number of nitrogens with two attached hydrogens (primary N) is 2. The minimum Gasteiger partial charge on any atom is -0.397 e. The standard InChI is InChI=1S/C19H17N5OS/c20-9-11-8-13-15(21)16(26-19(13)24-17(11)22)18(25)23-14-7-3-5-10-4-1-2-6-12(10)14/h1-2,4,6,8,14H,3,5,7,21H2,(H2,22,24)(H,23,25)/t14-/m1/s1. The molecule has 0 unspecified atom stereocenters. The van der Waals surface area contributed by atoms with Gasteiger partial charge in [0, 0.05) is 5.39 Å². The molecule has 2 heterocycles. The zero-order chi connectivity index (χ0) is 18.3. The summed E-state index contributed by atoms with van der Waals surface area (Å²) in [6, 6.07) is 11.8. The largest absolute Gasteiger partial charge is 0.397 e. The fraction of sp³-hybridized carbons (Fsp3) is 0.211. The number of benzene rings is 1. The highest BCUT2D eigenvalue weighted by Crippen LogP contribution is 2.35. The molecular weight excluding hydrogens is 346 g/mol. The number of amides is 1. The minimum absolute atomic E-state index is 0.0234. The van der Waals surface area contributed by atoms with Gasteiger partial charge in [0.05, 0.1) is 17.3 Å². The van der Waals surface area contributed by atoms with Crippen LogP contribution >= 0.6 is 11.3 Å². The fourth-order valence-corrected chi connectivity index (χ4v) is 4.43. The summed E-state index contributed by atoms with van der Waals surface area (Å²) in [5.74, 6) is -0.0706. The van der Waals surface area contributed by atoms with Crippen LogP contribution in [0.25, 0.3) is 10.2 Å². The van der Waals surface area contributed by atoms with Crippen molar-refractivity contribution in [1.29, 1.82) is 5.26 Å². The summed E-state index contributed by atoms with van der Waals surface area (Å²) >= 11 is 1.20. The molecule has 0 saturated carbocycles. The number of pyridine rings is 1. The molecule has 0 aliphatic heterocycles. The molecule has 4 rings (SSSR count). The number of anilines is 2. The van der Waals surface area contributed by atoms with Crippen molar-refractivity contribution in [3.63, 3.8) is 0 Å². The first-order chi connectivity index (χ1) is 12.6. The van der Waals surface area contributed by atoms with Crippen molar-refractivity contribution in [1.82, 2.24) is 10.3 Å². The Kier molecular flexibility index (Phi) is 3.98. The lowest BCUT2D eigenvalue weighted by Crippen LogP contribution is -2.30. The quantitative estimate of drug-likeness (QED) is 0.646. The average Bonchev–Trinajstić information content (AvgIpc) is 2.97. The van der Waals surface area contributed by atoms with Gasteiger partial charge in [-0.05, 0) is 36.5 Å². The minimum atomic E-state index is -0.218. The van der Waals surface area contributed by atoms with E-state index in [9.17, 15) is 4.79 Å². The summed E-state index contributed by atoms with van der Waals surface area (Å²) in [6.45, 7) is 0. The van der Waals surface area contributed by atoms with Crippen LogP contribution in [0.15, 0.2) is 30.3 Å². The second-order valence-electron chi connectivity index (χ2n) is 6.35. The number of nitrogens with one attached hydrogen (secondary N) is 1. The fourth-order valence-electron chi connectivity index (χ4n) is 3.44. The second-order valence-corrected chi connectivity index (χ2v) is 7.35. The number of nitriles is 1. The van der Waals surface area contributed by atoms with Gasteiger partial charge in [0.15, 0.2) is 0 Å². The molecule has 3 aromatic rings. The van der Waals surface area contributed by atoms with Gasteiger partial charge in [0.2, 0.25) is 0 Å². The number of carbonyl (C=O) groups is 1. The monoisotopic (exact) mass is 363 g/mol. The molecule has 0 bridgehead atoms. The Bertz CT molecular complexity index is 1070. The van der Waals surface area contributed by atoms with E-state index in [0.29, 0.717) is 20.8 Å². The van der Waals surface area contributed by atoms with Gasteiger partial charge >= 0.3 is 0 Å². The molecule has 1 atom stereocenters. The topological polar surface area (TPSA) is 118 Å². The number of hydrogen-bond acceptors (Lipinski definition) is 6. The van der Waals surface area contributed by atoms with Crippen molar-refractivity contribution in [3.05, 3.63) is 51.9 Å². The van der Waals surface area contributed by atoms with Gasteiger partial charge in [-0.1, -0.05) is 24.3 Å². The van der Waals surface area contributed by atoms with E-state index in [1.807, 2.05) is 18.2 Å². The summed E-state index contributed by atoms with van der Waals surface area (Å²) in [7, 11) is 0. The van der Waals surface area contributed by atoms with E-state index in [0.717, 1.165) is 19.3 Å². The van der Waals surface area contributed by atoms with E-state index in [2.05, 4.69) is 22.4 Å². The van der Waals surface area contributed by atoms with Crippen molar-refractivity contribution in [3.8, 4) is 6.07 Å². The second kappa shape index (κ2) is 6.32. The molecule has 1 aromatic carbocycles. The summed E-state index contributed by atoms with van der Waals surface area (Å²) < 4.78 is 0. The molecule has 6 nitrogen and oxygen atoms in total. The number of fused-ring (bicyclic) bond motifs is 2. The molecule has 1 aliphatic carbocycles. The number of nitrogens with zero attached hydrogens (tertiary/aromatic N) is 2. The summed E-state index contributed by atoms with van der Waals surface area (Å²) in [4.78, 5) is 18.0.